The van der Waals surface area contributed by atoms with Gasteiger partial charge in [-0.1, -0.05) is 41.9 Å². The maximum absolute atomic E-state index is 13.1. The van der Waals surface area contributed by atoms with Crippen LogP contribution in [0, 0.1) is 11.9 Å². The molecule has 0 saturated carbocycles. The van der Waals surface area contributed by atoms with E-state index in [4.69, 9.17) is 11.6 Å². The van der Waals surface area contributed by atoms with Crippen LogP contribution in [0.4, 0.5) is 4.39 Å². The van der Waals surface area contributed by atoms with E-state index in [0.29, 0.717) is 5.56 Å². The monoisotopic (exact) mass is 205 g/mol. The van der Waals surface area contributed by atoms with Crippen LogP contribution in [0.5, 0.6) is 0 Å². The predicted octanol–water partition coefficient (Wildman–Crippen LogP) is 3.95. The molecule has 0 atom stereocenters. The first-order chi connectivity index (χ1) is 6.79. The van der Waals surface area contributed by atoms with Crippen LogP contribution >= 0.6 is 11.6 Å². The highest BCUT2D eigenvalue weighted by molar-refractivity contribution is 6.33. The highest BCUT2D eigenvalue weighted by atomic mass is 35.5. The summed E-state index contributed by atoms with van der Waals surface area (Å²) in [5.41, 5.74) is 1.57. The number of benzene rings is 2. The Bertz CT molecular complexity index is 437. The van der Waals surface area contributed by atoms with Crippen LogP contribution in [0.25, 0.3) is 11.1 Å². The minimum absolute atomic E-state index is 0.159. The van der Waals surface area contributed by atoms with Crippen molar-refractivity contribution in [3.05, 3.63) is 59.4 Å². The Morgan fingerprint density at radius 1 is 1.14 bits per heavy atom. The largest absolute Gasteiger partial charge is 0.205 e. The molecule has 0 amide bonds. The number of hydrogen-bond donors (Lipinski definition) is 0. The van der Waals surface area contributed by atoms with E-state index in [0.717, 1.165) is 5.56 Å². The quantitative estimate of drug-likeness (QED) is 0.662. The van der Waals surface area contributed by atoms with Gasteiger partial charge < -0.3 is 0 Å². The van der Waals surface area contributed by atoms with E-state index in [1.807, 2.05) is 12.1 Å². The van der Waals surface area contributed by atoms with Crippen molar-refractivity contribution in [3.63, 3.8) is 0 Å². The molecule has 1 radical (unpaired) electrons. The Morgan fingerprint density at radius 2 is 2.00 bits per heavy atom. The molecule has 2 aromatic carbocycles. The molecule has 2 rings (SSSR count). The second kappa shape index (κ2) is 3.81. The van der Waals surface area contributed by atoms with E-state index < -0.39 is 5.82 Å². The normalized spacial score (nSPS) is 10.1. The molecule has 14 heavy (non-hydrogen) atoms. The Kier molecular flexibility index (Phi) is 2.51. The van der Waals surface area contributed by atoms with Crippen molar-refractivity contribution in [2.45, 2.75) is 0 Å². The van der Waals surface area contributed by atoms with E-state index in [-0.39, 0.29) is 5.02 Å². The van der Waals surface area contributed by atoms with Gasteiger partial charge in [0, 0.05) is 5.56 Å². The van der Waals surface area contributed by atoms with Crippen LogP contribution in [-0.2, 0) is 0 Å². The van der Waals surface area contributed by atoms with E-state index in [9.17, 15) is 4.39 Å². The highest BCUT2D eigenvalue weighted by Gasteiger charge is 2.06. The number of rotatable bonds is 1. The van der Waals surface area contributed by atoms with Gasteiger partial charge in [-0.3, -0.25) is 0 Å². The third-order valence-corrected chi connectivity index (χ3v) is 2.35. The second-order valence-corrected chi connectivity index (χ2v) is 3.27. The molecule has 0 aliphatic heterocycles. The van der Waals surface area contributed by atoms with Gasteiger partial charge in [-0.15, -0.1) is 0 Å². The third-order valence-electron chi connectivity index (χ3n) is 1.97. The average molecular weight is 206 g/mol. The smallest absolute Gasteiger partial charge is 0.142 e. The van der Waals surface area contributed by atoms with Crippen LogP contribution in [0.2, 0.25) is 5.02 Å². The molecule has 0 unspecified atom stereocenters. The van der Waals surface area contributed by atoms with Crippen molar-refractivity contribution in [2.24, 2.45) is 0 Å². The summed E-state index contributed by atoms with van der Waals surface area (Å²) in [7, 11) is 0. The van der Waals surface area contributed by atoms with Gasteiger partial charge in [-0.25, -0.2) is 4.39 Å². The number of hydrogen-bond acceptors (Lipinski definition) is 0. The van der Waals surface area contributed by atoms with E-state index >= 15 is 0 Å². The molecule has 0 bridgehead atoms. The van der Waals surface area contributed by atoms with Crippen molar-refractivity contribution >= 4 is 11.6 Å². The molecule has 0 saturated heterocycles. The fraction of sp³-hybridized carbons (Fsp3) is 0. The van der Waals surface area contributed by atoms with Crippen molar-refractivity contribution in [3.8, 4) is 11.1 Å². The first-order valence-corrected chi connectivity index (χ1v) is 4.57. The van der Waals surface area contributed by atoms with Crippen LogP contribution in [0.3, 0.4) is 0 Å². The zero-order valence-corrected chi connectivity index (χ0v) is 8.05. The number of halogens is 2. The highest BCUT2D eigenvalue weighted by Crippen LogP contribution is 2.29. The molecule has 2 heteroatoms. The summed E-state index contributed by atoms with van der Waals surface area (Å²) in [6, 6.07) is 15.0. The summed E-state index contributed by atoms with van der Waals surface area (Å²) >= 11 is 5.84. The first-order valence-electron chi connectivity index (χ1n) is 4.19. The predicted molar refractivity (Wildman–Crippen MR) is 55.7 cm³/mol. The summed E-state index contributed by atoms with van der Waals surface area (Å²) in [5, 5.41) is 0.159. The lowest BCUT2D eigenvalue weighted by molar-refractivity contribution is 0.629. The molecule has 69 valence electrons. The lowest BCUT2D eigenvalue weighted by Gasteiger charge is -2.03. The molecular weight excluding hydrogens is 199 g/mol. The summed E-state index contributed by atoms with van der Waals surface area (Å²) in [4.78, 5) is 0. The van der Waals surface area contributed by atoms with Crippen LogP contribution < -0.4 is 0 Å². The van der Waals surface area contributed by atoms with E-state index in [2.05, 4.69) is 6.07 Å². The Labute approximate surface area is 87.0 Å². The van der Waals surface area contributed by atoms with Gasteiger partial charge in [0.15, 0.2) is 0 Å². The van der Waals surface area contributed by atoms with Crippen molar-refractivity contribution in [2.75, 3.05) is 0 Å². The van der Waals surface area contributed by atoms with Gasteiger partial charge >= 0.3 is 0 Å². The van der Waals surface area contributed by atoms with Gasteiger partial charge in [0.2, 0.25) is 0 Å². The van der Waals surface area contributed by atoms with Crippen molar-refractivity contribution in [1.29, 1.82) is 0 Å². The lowest BCUT2D eigenvalue weighted by Crippen LogP contribution is -1.82. The molecule has 0 nitrogen and oxygen atoms in total. The van der Waals surface area contributed by atoms with Gasteiger partial charge in [-0.05, 0) is 23.8 Å². The van der Waals surface area contributed by atoms with Crippen molar-refractivity contribution < 1.29 is 4.39 Å². The molecule has 0 spiro atoms. The zero-order valence-electron chi connectivity index (χ0n) is 7.30. The van der Waals surface area contributed by atoms with Crippen LogP contribution in [0.1, 0.15) is 0 Å². The fourth-order valence-corrected chi connectivity index (χ4v) is 1.52. The molecule has 0 heterocycles. The SMILES string of the molecule is Fc1cccc(-c2c[c]ccc2)c1Cl. The summed E-state index contributed by atoms with van der Waals surface area (Å²) < 4.78 is 13.1. The Hall–Kier alpha value is -1.34. The second-order valence-electron chi connectivity index (χ2n) is 2.89. The average Bonchev–Trinajstić information content (AvgIpc) is 2.23. The van der Waals surface area contributed by atoms with Crippen LogP contribution in [-0.4, -0.2) is 0 Å². The van der Waals surface area contributed by atoms with E-state index in [1.54, 1.807) is 24.3 Å². The first kappa shape index (κ1) is 9.22. The van der Waals surface area contributed by atoms with Crippen molar-refractivity contribution in [1.82, 2.24) is 0 Å². The van der Waals surface area contributed by atoms with Gasteiger partial charge in [0.25, 0.3) is 0 Å². The summed E-state index contributed by atoms with van der Waals surface area (Å²) in [6.45, 7) is 0. The Balaban J connectivity index is 2.58. The zero-order chi connectivity index (χ0) is 9.97. The fourth-order valence-electron chi connectivity index (χ4n) is 1.29. The van der Waals surface area contributed by atoms with Gasteiger partial charge in [-0.2, -0.15) is 0 Å². The standard InChI is InChI=1S/C12H7ClF/c13-12-10(7-4-8-11(12)14)9-5-2-1-3-6-9/h1-2,4-8H. The molecule has 0 aliphatic carbocycles. The minimum Gasteiger partial charge on any atom is -0.205 e. The Morgan fingerprint density at radius 3 is 2.71 bits per heavy atom. The third kappa shape index (κ3) is 1.64. The van der Waals surface area contributed by atoms with Gasteiger partial charge in [0.1, 0.15) is 5.82 Å². The molecule has 0 fully saturated rings. The molecule has 0 aliphatic rings. The van der Waals surface area contributed by atoms with E-state index in [1.165, 1.54) is 6.07 Å². The molecule has 0 N–H and O–H groups in total. The molecule has 0 aromatic heterocycles. The molecular formula is C12H7ClF. The molecule has 2 aromatic rings. The summed E-state index contributed by atoms with van der Waals surface area (Å²) in [5.74, 6) is -0.395. The topological polar surface area (TPSA) is 0 Å². The van der Waals surface area contributed by atoms with Gasteiger partial charge in [0.05, 0.1) is 5.02 Å². The maximum Gasteiger partial charge on any atom is 0.142 e. The minimum atomic E-state index is -0.395. The maximum atomic E-state index is 13.1. The lowest BCUT2D eigenvalue weighted by atomic mass is 10.1. The summed E-state index contributed by atoms with van der Waals surface area (Å²) in [6.07, 6.45) is 0. The van der Waals surface area contributed by atoms with Crippen LogP contribution in [0.15, 0.2) is 42.5 Å².